The van der Waals surface area contributed by atoms with Gasteiger partial charge in [-0.25, -0.2) is 14.6 Å². The van der Waals surface area contributed by atoms with Gasteiger partial charge < -0.3 is 0 Å². The van der Waals surface area contributed by atoms with E-state index in [2.05, 4.69) is 77.8 Å². The number of fused-ring (bicyclic) bond motifs is 1. The number of nitrogens with zero attached hydrogens (tertiary/aromatic N) is 4. The summed E-state index contributed by atoms with van der Waals surface area (Å²) in [5.74, 6) is 0.806. The molecule has 0 atom stereocenters. The van der Waals surface area contributed by atoms with E-state index in [0.717, 1.165) is 49.5 Å². The summed E-state index contributed by atoms with van der Waals surface area (Å²) in [7, 11) is 0. The smallest absolute Gasteiger partial charge is 0.164 e. The number of para-hydroxylation sites is 1. The Morgan fingerprint density at radius 1 is 0.594 bits per heavy atom. The molecule has 0 N–H and O–H groups in total. The number of hydrogen-bond donors (Lipinski definition) is 0. The van der Waals surface area contributed by atoms with Gasteiger partial charge in [0, 0.05) is 16.7 Å². The van der Waals surface area contributed by atoms with Gasteiger partial charge in [-0.1, -0.05) is 84.9 Å². The molecule has 0 aliphatic heterocycles. The standard InChI is InChI=1S/C27H18N4S/c1-3-9-19(10-4-1)21-13-7-14-22(20-11-5-2-6-12-20)25(21)31-27(28-17-30-31)23-15-8-16-24-26(23)32-18-29-24/h1-18H. The summed E-state index contributed by atoms with van der Waals surface area (Å²) in [6, 6.07) is 33.4. The molecule has 6 rings (SSSR count). The van der Waals surface area contributed by atoms with E-state index in [1.165, 1.54) is 0 Å². The van der Waals surface area contributed by atoms with Gasteiger partial charge >= 0.3 is 0 Å². The van der Waals surface area contributed by atoms with E-state index in [1.54, 1.807) is 17.7 Å². The van der Waals surface area contributed by atoms with Gasteiger partial charge in [-0.3, -0.25) is 0 Å². The monoisotopic (exact) mass is 430 g/mol. The topological polar surface area (TPSA) is 43.6 Å². The van der Waals surface area contributed by atoms with Crippen LogP contribution in [-0.4, -0.2) is 19.7 Å². The van der Waals surface area contributed by atoms with Crippen molar-refractivity contribution in [1.29, 1.82) is 0 Å². The molecule has 32 heavy (non-hydrogen) atoms. The third kappa shape index (κ3) is 3.11. The molecule has 152 valence electrons. The van der Waals surface area contributed by atoms with Crippen LogP contribution in [0.2, 0.25) is 0 Å². The molecular weight excluding hydrogens is 412 g/mol. The number of aromatic nitrogens is 4. The highest BCUT2D eigenvalue weighted by molar-refractivity contribution is 7.17. The second kappa shape index (κ2) is 7.87. The molecule has 0 aliphatic carbocycles. The van der Waals surface area contributed by atoms with Crippen LogP contribution >= 0.6 is 11.3 Å². The normalized spacial score (nSPS) is 11.1. The first-order chi connectivity index (χ1) is 15.9. The first-order valence-electron chi connectivity index (χ1n) is 10.4. The van der Waals surface area contributed by atoms with Crippen LogP contribution in [0.5, 0.6) is 0 Å². The van der Waals surface area contributed by atoms with E-state index in [9.17, 15) is 0 Å². The minimum absolute atomic E-state index is 0.806. The Kier molecular flexibility index (Phi) is 4.59. The Labute approximate surface area is 189 Å². The molecule has 4 nitrogen and oxygen atoms in total. The molecule has 0 aliphatic rings. The van der Waals surface area contributed by atoms with Crippen molar-refractivity contribution in [2.45, 2.75) is 0 Å². The number of benzene rings is 4. The van der Waals surface area contributed by atoms with Gasteiger partial charge in [-0.05, 0) is 23.3 Å². The van der Waals surface area contributed by atoms with Crippen molar-refractivity contribution in [1.82, 2.24) is 19.7 Å². The van der Waals surface area contributed by atoms with Crippen LogP contribution in [0.25, 0.3) is 49.5 Å². The van der Waals surface area contributed by atoms with Crippen LogP contribution in [-0.2, 0) is 0 Å². The third-order valence-corrected chi connectivity index (χ3v) is 6.44. The van der Waals surface area contributed by atoms with E-state index < -0.39 is 0 Å². The van der Waals surface area contributed by atoms with E-state index in [4.69, 9.17) is 10.1 Å². The molecule has 0 fully saturated rings. The number of rotatable bonds is 4. The van der Waals surface area contributed by atoms with Crippen LogP contribution in [0.15, 0.2) is 109 Å². The van der Waals surface area contributed by atoms with Crippen molar-refractivity contribution in [2.75, 3.05) is 0 Å². The fourth-order valence-electron chi connectivity index (χ4n) is 4.12. The number of hydrogen-bond acceptors (Lipinski definition) is 4. The maximum atomic E-state index is 4.72. The van der Waals surface area contributed by atoms with Crippen LogP contribution < -0.4 is 0 Å². The predicted octanol–water partition coefficient (Wildman–Crippen LogP) is 6.88. The molecule has 0 amide bonds. The summed E-state index contributed by atoms with van der Waals surface area (Å²) in [6.07, 6.45) is 1.63. The van der Waals surface area contributed by atoms with Crippen molar-refractivity contribution in [3.63, 3.8) is 0 Å². The highest BCUT2D eigenvalue weighted by Crippen LogP contribution is 2.38. The van der Waals surface area contributed by atoms with E-state index in [0.29, 0.717) is 0 Å². The molecule has 0 bridgehead atoms. The van der Waals surface area contributed by atoms with Crippen molar-refractivity contribution >= 4 is 21.6 Å². The summed E-state index contributed by atoms with van der Waals surface area (Å²) in [5, 5.41) is 4.72. The molecule has 4 aromatic carbocycles. The zero-order valence-corrected chi connectivity index (χ0v) is 17.9. The SMILES string of the molecule is c1ccc(-c2cccc(-c3ccccc3)c2-n2ncnc2-c2cccc3ncsc23)cc1. The van der Waals surface area contributed by atoms with Gasteiger partial charge in [0.2, 0.25) is 0 Å². The average Bonchev–Trinajstić information content (AvgIpc) is 3.54. The Bertz CT molecular complexity index is 1460. The highest BCUT2D eigenvalue weighted by atomic mass is 32.1. The van der Waals surface area contributed by atoms with Gasteiger partial charge in [0.15, 0.2) is 5.82 Å². The van der Waals surface area contributed by atoms with Crippen LogP contribution in [0.3, 0.4) is 0 Å². The van der Waals surface area contributed by atoms with Crippen molar-refractivity contribution in [3.05, 3.63) is 109 Å². The minimum Gasteiger partial charge on any atom is -0.245 e. The van der Waals surface area contributed by atoms with Crippen LogP contribution in [0.1, 0.15) is 0 Å². The van der Waals surface area contributed by atoms with Gasteiger partial charge in [0.05, 0.1) is 21.4 Å². The average molecular weight is 431 g/mol. The second-order valence-electron chi connectivity index (χ2n) is 7.44. The zero-order valence-electron chi connectivity index (χ0n) is 17.1. The lowest BCUT2D eigenvalue weighted by Gasteiger charge is -2.17. The molecule has 0 unspecified atom stereocenters. The fourth-order valence-corrected chi connectivity index (χ4v) is 4.92. The van der Waals surface area contributed by atoms with Crippen molar-refractivity contribution < 1.29 is 0 Å². The van der Waals surface area contributed by atoms with Crippen LogP contribution in [0, 0.1) is 0 Å². The summed E-state index contributed by atoms with van der Waals surface area (Å²) in [5.41, 5.74) is 9.38. The first kappa shape index (κ1) is 18.7. The molecule has 2 aromatic heterocycles. The van der Waals surface area contributed by atoms with Gasteiger partial charge in [0.1, 0.15) is 6.33 Å². The molecule has 0 spiro atoms. The van der Waals surface area contributed by atoms with Gasteiger partial charge in [-0.15, -0.1) is 11.3 Å². The number of thiazole rings is 1. The summed E-state index contributed by atoms with van der Waals surface area (Å²) < 4.78 is 3.08. The van der Waals surface area contributed by atoms with E-state index >= 15 is 0 Å². The summed E-state index contributed by atoms with van der Waals surface area (Å²) >= 11 is 1.63. The predicted molar refractivity (Wildman–Crippen MR) is 131 cm³/mol. The Morgan fingerprint density at radius 2 is 1.22 bits per heavy atom. The highest BCUT2D eigenvalue weighted by Gasteiger charge is 2.20. The van der Waals surface area contributed by atoms with Crippen LogP contribution in [0.4, 0.5) is 0 Å². The van der Waals surface area contributed by atoms with Crippen molar-refractivity contribution in [3.8, 4) is 39.3 Å². The maximum Gasteiger partial charge on any atom is 0.164 e. The summed E-state index contributed by atoms with van der Waals surface area (Å²) in [6.45, 7) is 0. The maximum absolute atomic E-state index is 4.72. The second-order valence-corrected chi connectivity index (χ2v) is 8.29. The lowest BCUT2D eigenvalue weighted by Crippen LogP contribution is -2.04. The molecule has 5 heteroatoms. The lowest BCUT2D eigenvalue weighted by molar-refractivity contribution is 0.891. The van der Waals surface area contributed by atoms with E-state index in [1.807, 2.05) is 34.5 Å². The molecule has 0 radical (unpaired) electrons. The molecule has 0 saturated carbocycles. The van der Waals surface area contributed by atoms with Gasteiger partial charge in [0.25, 0.3) is 0 Å². The zero-order chi connectivity index (χ0) is 21.3. The fraction of sp³-hybridized carbons (Fsp3) is 0. The minimum atomic E-state index is 0.806. The third-order valence-electron chi connectivity index (χ3n) is 5.56. The van der Waals surface area contributed by atoms with Crippen molar-refractivity contribution in [2.24, 2.45) is 0 Å². The Balaban J connectivity index is 1.67. The lowest BCUT2D eigenvalue weighted by atomic mass is 9.96. The summed E-state index contributed by atoms with van der Waals surface area (Å²) in [4.78, 5) is 9.18. The van der Waals surface area contributed by atoms with E-state index in [-0.39, 0.29) is 0 Å². The molecular formula is C27H18N4S. The molecule has 6 aromatic rings. The Hall–Kier alpha value is -4.09. The largest absolute Gasteiger partial charge is 0.245 e. The first-order valence-corrected chi connectivity index (χ1v) is 11.2. The molecule has 2 heterocycles. The molecule has 0 saturated heterocycles. The Morgan fingerprint density at radius 3 is 1.91 bits per heavy atom. The quantitative estimate of drug-likeness (QED) is 0.306. The van der Waals surface area contributed by atoms with Gasteiger partial charge in [-0.2, -0.15) is 5.10 Å².